The van der Waals surface area contributed by atoms with Crippen molar-refractivity contribution < 1.29 is 22.8 Å². The van der Waals surface area contributed by atoms with Crippen LogP contribution in [0.4, 0.5) is 0 Å². The zero-order chi connectivity index (χ0) is 19.6. The fourth-order valence-electron chi connectivity index (χ4n) is 2.45. The Kier molecular flexibility index (Phi) is 5.06. The number of hydrazone groups is 1. The van der Waals surface area contributed by atoms with Gasteiger partial charge in [0, 0.05) is 5.56 Å². The van der Waals surface area contributed by atoms with Gasteiger partial charge in [-0.1, -0.05) is 35.9 Å². The Balaban J connectivity index is 1.66. The van der Waals surface area contributed by atoms with Gasteiger partial charge in [-0.25, -0.2) is 18.1 Å². The minimum atomic E-state index is -4.09. The van der Waals surface area contributed by atoms with Gasteiger partial charge in [0.15, 0.2) is 0 Å². The van der Waals surface area contributed by atoms with Crippen molar-refractivity contribution in [3.05, 3.63) is 64.7 Å². The number of amides is 2. The minimum Gasteiger partial charge on any atom is -0.287 e. The van der Waals surface area contributed by atoms with Gasteiger partial charge >= 0.3 is 0 Å². The topological polar surface area (TPSA) is 113 Å². The first-order valence-corrected chi connectivity index (χ1v) is 9.41. The van der Waals surface area contributed by atoms with Crippen molar-refractivity contribution in [2.24, 2.45) is 5.10 Å². The third-order valence-corrected chi connectivity index (χ3v) is 5.83. The van der Waals surface area contributed by atoms with E-state index in [4.69, 9.17) is 11.6 Å². The monoisotopic (exact) mass is 405 g/mol. The number of carbonyl (C=O) groups excluding carboxylic acids is 3. The first kappa shape index (κ1) is 18.7. The average Bonchev–Trinajstić information content (AvgIpc) is 2.83. The molecule has 0 bridgehead atoms. The second kappa shape index (κ2) is 7.29. The van der Waals surface area contributed by atoms with Crippen LogP contribution in [0.1, 0.15) is 20.7 Å². The molecule has 0 saturated heterocycles. The number of sulfonamides is 1. The molecule has 1 heterocycles. The molecule has 8 nitrogen and oxygen atoms in total. The van der Waals surface area contributed by atoms with Gasteiger partial charge in [-0.05, 0) is 24.3 Å². The lowest BCUT2D eigenvalue weighted by atomic mass is 10.1. The van der Waals surface area contributed by atoms with Gasteiger partial charge in [-0.3, -0.25) is 14.4 Å². The van der Waals surface area contributed by atoms with Crippen molar-refractivity contribution in [1.82, 2.24) is 9.73 Å². The van der Waals surface area contributed by atoms with Crippen molar-refractivity contribution in [2.45, 2.75) is 4.90 Å². The fraction of sp³-hybridized carbons (Fsp3) is 0.0588. The fourth-order valence-corrected chi connectivity index (χ4v) is 4.20. The van der Waals surface area contributed by atoms with Crippen LogP contribution in [0.5, 0.6) is 0 Å². The molecule has 0 saturated carbocycles. The number of fused-ring (bicyclic) bond motifs is 1. The number of nitrogens with one attached hydrogen (secondary N) is 1. The molecule has 0 aliphatic carbocycles. The van der Waals surface area contributed by atoms with Gasteiger partial charge in [0.1, 0.15) is 11.4 Å². The zero-order valence-corrected chi connectivity index (χ0v) is 15.2. The summed E-state index contributed by atoms with van der Waals surface area (Å²) in [6.45, 7) is -0.756. The van der Waals surface area contributed by atoms with Crippen LogP contribution in [0, 0.1) is 0 Å². The van der Waals surface area contributed by atoms with Crippen molar-refractivity contribution in [3.63, 3.8) is 0 Å². The molecule has 2 amide bonds. The maximum atomic E-state index is 12.4. The largest absolute Gasteiger partial charge is 0.287 e. The van der Waals surface area contributed by atoms with E-state index in [9.17, 15) is 22.8 Å². The zero-order valence-electron chi connectivity index (χ0n) is 13.6. The molecule has 1 N–H and O–H groups in total. The van der Waals surface area contributed by atoms with Crippen LogP contribution in [-0.2, 0) is 14.8 Å². The Bertz CT molecular complexity index is 1080. The smallest absolute Gasteiger partial charge is 0.269 e. The van der Waals surface area contributed by atoms with Crippen LogP contribution in [0.15, 0.2) is 58.5 Å². The highest BCUT2D eigenvalue weighted by atomic mass is 35.5. The van der Waals surface area contributed by atoms with E-state index in [1.807, 2.05) is 5.43 Å². The molecule has 1 aliphatic rings. The highest BCUT2D eigenvalue weighted by Gasteiger charge is 2.41. The van der Waals surface area contributed by atoms with E-state index >= 15 is 0 Å². The van der Waals surface area contributed by atoms with E-state index in [1.165, 1.54) is 36.4 Å². The van der Waals surface area contributed by atoms with Gasteiger partial charge in [-0.15, -0.1) is 0 Å². The Morgan fingerprint density at radius 1 is 1.11 bits per heavy atom. The molecule has 0 aromatic heterocycles. The molecule has 10 heteroatoms. The maximum Gasteiger partial charge on any atom is 0.269 e. The van der Waals surface area contributed by atoms with Crippen molar-refractivity contribution in [1.29, 1.82) is 0 Å². The minimum absolute atomic E-state index is 0.00250. The standard InChI is InChI=1S/C17H12ClN3O5S/c18-13-7-3-1-5-11(13)14(22)9-19-20-16(23)10-21-17(24)12-6-2-4-8-15(12)27(21,25)26/h1-9H,10H2,(H,20,23). The van der Waals surface area contributed by atoms with Crippen LogP contribution >= 0.6 is 11.6 Å². The Morgan fingerprint density at radius 2 is 1.78 bits per heavy atom. The molecule has 1 aliphatic heterocycles. The van der Waals surface area contributed by atoms with Crippen molar-refractivity contribution in [3.8, 4) is 0 Å². The Labute approximate surface area is 159 Å². The molecule has 2 aromatic carbocycles. The first-order chi connectivity index (χ1) is 12.8. The van der Waals surface area contributed by atoms with Crippen LogP contribution in [-0.4, -0.2) is 43.1 Å². The van der Waals surface area contributed by atoms with E-state index in [2.05, 4.69) is 5.10 Å². The van der Waals surface area contributed by atoms with E-state index in [1.54, 1.807) is 12.1 Å². The van der Waals surface area contributed by atoms with E-state index in [0.717, 1.165) is 6.21 Å². The molecule has 27 heavy (non-hydrogen) atoms. The molecule has 0 atom stereocenters. The first-order valence-electron chi connectivity index (χ1n) is 7.59. The number of hydrogen-bond acceptors (Lipinski definition) is 6. The molecule has 0 fully saturated rings. The molecule has 3 rings (SSSR count). The van der Waals surface area contributed by atoms with Crippen molar-refractivity contribution >= 4 is 45.4 Å². The van der Waals surface area contributed by atoms with E-state index < -0.39 is 34.2 Å². The third kappa shape index (κ3) is 3.60. The van der Waals surface area contributed by atoms with E-state index in [0.29, 0.717) is 4.31 Å². The number of ketones is 1. The SMILES string of the molecule is O=C(CN1C(=O)c2ccccc2S1(=O)=O)NN=CC(=O)c1ccccc1Cl. The molecule has 0 radical (unpaired) electrons. The lowest BCUT2D eigenvalue weighted by Gasteiger charge is -2.13. The second-order valence-electron chi connectivity index (χ2n) is 5.45. The summed E-state index contributed by atoms with van der Waals surface area (Å²) in [6.07, 6.45) is 0.841. The predicted octanol–water partition coefficient (Wildman–Crippen LogP) is 1.47. The summed E-state index contributed by atoms with van der Waals surface area (Å²) in [5.74, 6) is -2.21. The number of carbonyl (C=O) groups is 3. The maximum absolute atomic E-state index is 12.4. The number of benzene rings is 2. The van der Waals surface area contributed by atoms with Crippen LogP contribution in [0.2, 0.25) is 5.02 Å². The van der Waals surface area contributed by atoms with Gasteiger partial charge in [0.25, 0.3) is 21.8 Å². The summed E-state index contributed by atoms with van der Waals surface area (Å²) in [7, 11) is -4.09. The van der Waals surface area contributed by atoms with Gasteiger partial charge < -0.3 is 0 Å². The van der Waals surface area contributed by atoms with Gasteiger partial charge in [0.2, 0.25) is 5.78 Å². The molecular weight excluding hydrogens is 394 g/mol. The highest BCUT2D eigenvalue weighted by molar-refractivity contribution is 7.90. The number of rotatable bonds is 5. The Hall–Kier alpha value is -3.04. The summed E-state index contributed by atoms with van der Waals surface area (Å²) in [6, 6.07) is 12.0. The number of hydrogen-bond donors (Lipinski definition) is 1. The summed E-state index contributed by atoms with van der Waals surface area (Å²) in [5, 5.41) is 3.72. The van der Waals surface area contributed by atoms with Crippen molar-refractivity contribution in [2.75, 3.05) is 6.54 Å². The Morgan fingerprint density at radius 3 is 2.48 bits per heavy atom. The highest BCUT2D eigenvalue weighted by Crippen LogP contribution is 2.29. The summed E-state index contributed by atoms with van der Waals surface area (Å²) in [5.41, 5.74) is 2.22. The summed E-state index contributed by atoms with van der Waals surface area (Å²) >= 11 is 5.88. The normalized spacial score (nSPS) is 15.0. The number of nitrogens with zero attached hydrogens (tertiary/aromatic N) is 2. The van der Waals surface area contributed by atoms with Crippen LogP contribution in [0.3, 0.4) is 0 Å². The van der Waals surface area contributed by atoms with Gasteiger partial charge in [-0.2, -0.15) is 5.10 Å². The third-order valence-electron chi connectivity index (χ3n) is 3.71. The molecular formula is C17H12ClN3O5S. The summed E-state index contributed by atoms with van der Waals surface area (Å²) < 4.78 is 25.2. The van der Waals surface area contributed by atoms with Gasteiger partial charge in [0.05, 0.1) is 16.8 Å². The molecule has 138 valence electrons. The average molecular weight is 406 g/mol. The predicted molar refractivity (Wildman–Crippen MR) is 97.1 cm³/mol. The van der Waals surface area contributed by atoms with Crippen LogP contribution < -0.4 is 5.43 Å². The number of Topliss-reactive ketones (excluding diaryl/α,β-unsaturated/α-hetero) is 1. The van der Waals surface area contributed by atoms with E-state index in [-0.39, 0.29) is 21.0 Å². The molecule has 0 unspecified atom stereocenters. The molecule has 2 aromatic rings. The quantitative estimate of drug-likeness (QED) is 0.459. The van der Waals surface area contributed by atoms with Crippen LogP contribution in [0.25, 0.3) is 0 Å². The second-order valence-corrected chi connectivity index (χ2v) is 7.69. The molecule has 0 spiro atoms. The lowest BCUT2D eigenvalue weighted by Crippen LogP contribution is -2.39. The summed E-state index contributed by atoms with van der Waals surface area (Å²) in [4.78, 5) is 36.0. The number of halogens is 1. The lowest BCUT2D eigenvalue weighted by molar-refractivity contribution is -0.121.